The molecule has 3 rings (SSSR count). The molecule has 0 unspecified atom stereocenters. The first kappa shape index (κ1) is 19.6. The third-order valence-electron chi connectivity index (χ3n) is 4.33. The number of oxazole rings is 1. The van der Waals surface area contributed by atoms with Crippen LogP contribution in [0.25, 0.3) is 11.5 Å². The van der Waals surface area contributed by atoms with Gasteiger partial charge in [0.25, 0.3) is 0 Å². The fraction of sp³-hybridized carbons (Fsp3) is 0.273. The number of guanidine groups is 1. The zero-order chi connectivity index (χ0) is 19.8. The third-order valence-corrected chi connectivity index (χ3v) is 4.33. The molecule has 0 aliphatic rings. The summed E-state index contributed by atoms with van der Waals surface area (Å²) in [6.07, 6.45) is 2.33. The molecule has 0 saturated heterocycles. The van der Waals surface area contributed by atoms with E-state index in [0.29, 0.717) is 25.4 Å². The number of aryl methyl sites for hydroxylation is 1. The highest BCUT2D eigenvalue weighted by atomic mass is 19.1. The van der Waals surface area contributed by atoms with Crippen LogP contribution in [-0.4, -0.2) is 24.0 Å². The minimum absolute atomic E-state index is 0.277. The van der Waals surface area contributed by atoms with Crippen LogP contribution in [0.5, 0.6) is 0 Å². The predicted octanol–water partition coefficient (Wildman–Crippen LogP) is 4.09. The number of aliphatic imine (C=N–C) groups is 1. The van der Waals surface area contributed by atoms with E-state index >= 15 is 0 Å². The molecule has 0 aliphatic heterocycles. The molecule has 6 heteroatoms. The van der Waals surface area contributed by atoms with Gasteiger partial charge in [-0.25, -0.2) is 14.4 Å². The van der Waals surface area contributed by atoms with E-state index in [0.717, 1.165) is 23.8 Å². The van der Waals surface area contributed by atoms with Crippen molar-refractivity contribution < 1.29 is 8.81 Å². The zero-order valence-corrected chi connectivity index (χ0v) is 16.2. The summed E-state index contributed by atoms with van der Waals surface area (Å²) in [5.74, 6) is 0.990. The van der Waals surface area contributed by atoms with Gasteiger partial charge < -0.3 is 15.1 Å². The zero-order valence-electron chi connectivity index (χ0n) is 16.2. The number of hydrogen-bond acceptors (Lipinski definition) is 3. The van der Waals surface area contributed by atoms with Crippen LogP contribution in [0.1, 0.15) is 23.7 Å². The summed E-state index contributed by atoms with van der Waals surface area (Å²) >= 11 is 0. The van der Waals surface area contributed by atoms with Crippen LogP contribution in [0.3, 0.4) is 0 Å². The maximum Gasteiger partial charge on any atom is 0.226 e. The molecule has 3 aromatic rings. The van der Waals surface area contributed by atoms with Crippen molar-refractivity contribution in [2.24, 2.45) is 4.99 Å². The number of rotatable bonds is 7. The lowest BCUT2D eigenvalue weighted by Crippen LogP contribution is -2.38. The molecule has 28 heavy (non-hydrogen) atoms. The maximum absolute atomic E-state index is 13.0. The first-order valence-electron chi connectivity index (χ1n) is 9.42. The highest BCUT2D eigenvalue weighted by Gasteiger charge is 2.07. The van der Waals surface area contributed by atoms with Crippen molar-refractivity contribution in [2.45, 2.75) is 26.8 Å². The Bertz CT molecular complexity index is 918. The number of nitrogens with one attached hydrogen (secondary N) is 2. The maximum atomic E-state index is 13.0. The van der Waals surface area contributed by atoms with E-state index in [4.69, 9.17) is 4.42 Å². The van der Waals surface area contributed by atoms with E-state index < -0.39 is 0 Å². The lowest BCUT2D eigenvalue weighted by atomic mass is 10.1. The standard InChI is InChI=1S/C22H25FN4O/c1-3-24-22(26-14-18-7-5-4-6-16(18)2)25-13-12-20-15-28-21(27-20)17-8-10-19(23)11-9-17/h4-11,15H,3,12-14H2,1-2H3,(H2,24,25,26). The van der Waals surface area contributed by atoms with Crippen LogP contribution >= 0.6 is 0 Å². The molecule has 1 heterocycles. The molecular formula is C22H25FN4O. The molecule has 1 aromatic heterocycles. The van der Waals surface area contributed by atoms with E-state index in [2.05, 4.69) is 39.7 Å². The second-order valence-electron chi connectivity index (χ2n) is 6.45. The Hall–Kier alpha value is -3.15. The van der Waals surface area contributed by atoms with Crippen LogP contribution in [0.4, 0.5) is 4.39 Å². The third kappa shape index (κ3) is 5.42. The normalized spacial score (nSPS) is 11.5. The summed E-state index contributed by atoms with van der Waals surface area (Å²) in [7, 11) is 0. The first-order valence-corrected chi connectivity index (χ1v) is 9.42. The molecule has 0 radical (unpaired) electrons. The van der Waals surface area contributed by atoms with Crippen molar-refractivity contribution in [2.75, 3.05) is 13.1 Å². The molecule has 0 amide bonds. The van der Waals surface area contributed by atoms with Gasteiger partial charge in [-0.2, -0.15) is 0 Å². The Morgan fingerprint density at radius 3 is 2.64 bits per heavy atom. The van der Waals surface area contributed by atoms with Crippen LogP contribution in [-0.2, 0) is 13.0 Å². The van der Waals surface area contributed by atoms with Gasteiger partial charge in [-0.15, -0.1) is 0 Å². The number of nitrogens with zero attached hydrogens (tertiary/aromatic N) is 2. The molecule has 0 bridgehead atoms. The monoisotopic (exact) mass is 380 g/mol. The summed E-state index contributed by atoms with van der Waals surface area (Å²) in [5, 5.41) is 6.58. The van der Waals surface area contributed by atoms with Crippen LogP contribution in [0.15, 0.2) is 64.2 Å². The van der Waals surface area contributed by atoms with Gasteiger partial charge in [0.2, 0.25) is 5.89 Å². The topological polar surface area (TPSA) is 62.5 Å². The van der Waals surface area contributed by atoms with Gasteiger partial charge in [-0.3, -0.25) is 0 Å². The molecule has 2 aromatic carbocycles. The molecular weight excluding hydrogens is 355 g/mol. The summed E-state index contributed by atoms with van der Waals surface area (Å²) in [5.41, 5.74) is 4.04. The number of halogens is 1. The molecule has 146 valence electrons. The summed E-state index contributed by atoms with van der Waals surface area (Å²) in [4.78, 5) is 9.12. The summed E-state index contributed by atoms with van der Waals surface area (Å²) < 4.78 is 18.5. The Labute approximate surface area is 164 Å². The van der Waals surface area contributed by atoms with Gasteiger partial charge in [0.05, 0.1) is 12.2 Å². The molecule has 0 spiro atoms. The van der Waals surface area contributed by atoms with Gasteiger partial charge in [0, 0.05) is 25.1 Å². The molecule has 0 saturated carbocycles. The largest absolute Gasteiger partial charge is 0.444 e. The Morgan fingerprint density at radius 2 is 1.89 bits per heavy atom. The van der Waals surface area contributed by atoms with E-state index in [-0.39, 0.29) is 5.82 Å². The van der Waals surface area contributed by atoms with Crippen molar-refractivity contribution >= 4 is 5.96 Å². The highest BCUT2D eigenvalue weighted by Crippen LogP contribution is 2.19. The molecule has 0 fully saturated rings. The van der Waals surface area contributed by atoms with Gasteiger partial charge in [-0.05, 0) is 49.2 Å². The number of aromatic nitrogens is 1. The molecule has 0 aliphatic carbocycles. The number of hydrogen-bond donors (Lipinski definition) is 2. The van der Waals surface area contributed by atoms with E-state index in [1.165, 1.54) is 23.3 Å². The Balaban J connectivity index is 1.55. The van der Waals surface area contributed by atoms with E-state index in [9.17, 15) is 4.39 Å². The fourth-order valence-electron chi connectivity index (χ4n) is 2.75. The Morgan fingerprint density at radius 1 is 1.11 bits per heavy atom. The predicted molar refractivity (Wildman–Crippen MR) is 110 cm³/mol. The summed E-state index contributed by atoms with van der Waals surface area (Å²) in [6.45, 7) is 6.22. The molecule has 5 nitrogen and oxygen atoms in total. The fourth-order valence-corrected chi connectivity index (χ4v) is 2.75. The van der Waals surface area contributed by atoms with Crippen LogP contribution < -0.4 is 10.6 Å². The first-order chi connectivity index (χ1) is 13.7. The van der Waals surface area contributed by atoms with Gasteiger partial charge in [0.1, 0.15) is 12.1 Å². The van der Waals surface area contributed by atoms with Crippen LogP contribution in [0.2, 0.25) is 0 Å². The highest BCUT2D eigenvalue weighted by molar-refractivity contribution is 5.79. The van der Waals surface area contributed by atoms with Gasteiger partial charge in [0.15, 0.2) is 5.96 Å². The average Bonchev–Trinajstić information content (AvgIpc) is 3.16. The van der Waals surface area contributed by atoms with Crippen molar-refractivity contribution in [1.29, 1.82) is 0 Å². The second-order valence-corrected chi connectivity index (χ2v) is 6.45. The van der Waals surface area contributed by atoms with Gasteiger partial charge in [-0.1, -0.05) is 24.3 Å². The second kappa shape index (κ2) is 9.69. The van der Waals surface area contributed by atoms with Crippen molar-refractivity contribution in [3.05, 3.63) is 77.4 Å². The summed E-state index contributed by atoms with van der Waals surface area (Å²) in [6, 6.07) is 14.4. The van der Waals surface area contributed by atoms with Crippen molar-refractivity contribution in [1.82, 2.24) is 15.6 Å². The van der Waals surface area contributed by atoms with E-state index in [1.54, 1.807) is 18.4 Å². The van der Waals surface area contributed by atoms with Crippen molar-refractivity contribution in [3.63, 3.8) is 0 Å². The van der Waals surface area contributed by atoms with Crippen molar-refractivity contribution in [3.8, 4) is 11.5 Å². The lowest BCUT2D eigenvalue weighted by Gasteiger charge is -2.11. The molecule has 0 atom stereocenters. The van der Waals surface area contributed by atoms with E-state index in [1.807, 2.05) is 19.1 Å². The molecule has 2 N–H and O–H groups in total. The average molecular weight is 380 g/mol. The smallest absolute Gasteiger partial charge is 0.226 e. The van der Waals surface area contributed by atoms with Crippen LogP contribution in [0, 0.1) is 12.7 Å². The number of benzene rings is 2. The lowest BCUT2D eigenvalue weighted by molar-refractivity contribution is 0.571. The SMILES string of the molecule is CCNC(=NCc1ccccc1C)NCCc1coc(-c2ccc(F)cc2)n1. The minimum Gasteiger partial charge on any atom is -0.444 e. The van der Waals surface area contributed by atoms with Gasteiger partial charge >= 0.3 is 0 Å². The minimum atomic E-state index is -0.277. The Kier molecular flexibility index (Phi) is 6.78. The quantitative estimate of drug-likeness (QED) is 0.479.